The van der Waals surface area contributed by atoms with Gasteiger partial charge in [-0.1, -0.05) is 11.8 Å². The van der Waals surface area contributed by atoms with Gasteiger partial charge in [-0.15, -0.1) is 0 Å². The first-order chi connectivity index (χ1) is 9.79. The Kier molecular flexibility index (Phi) is 4.76. The van der Waals surface area contributed by atoms with Crippen LogP contribution in [0.1, 0.15) is 21.6 Å². The zero-order valence-electron chi connectivity index (χ0n) is 10.6. The fourth-order valence-corrected chi connectivity index (χ4v) is 1.47. The lowest BCUT2D eigenvalue weighted by atomic mass is 10.2. The van der Waals surface area contributed by atoms with E-state index >= 15 is 0 Å². The predicted molar refractivity (Wildman–Crippen MR) is 71.4 cm³/mol. The van der Waals surface area contributed by atoms with Crippen molar-refractivity contribution in [2.45, 2.75) is 6.54 Å². The van der Waals surface area contributed by atoms with Crippen LogP contribution < -0.4 is 5.32 Å². The minimum atomic E-state index is -0.268. The van der Waals surface area contributed by atoms with Crippen molar-refractivity contribution >= 4 is 5.91 Å². The monoisotopic (exact) mass is 268 g/mol. The van der Waals surface area contributed by atoms with Crippen molar-refractivity contribution in [3.63, 3.8) is 0 Å². The number of aromatic nitrogens is 3. The molecule has 0 fully saturated rings. The minimum Gasteiger partial charge on any atom is -0.384 e. The van der Waals surface area contributed by atoms with Crippen molar-refractivity contribution in [1.29, 1.82) is 0 Å². The number of aliphatic hydroxyl groups excluding tert-OH is 1. The lowest BCUT2D eigenvalue weighted by Gasteiger charge is -2.04. The maximum atomic E-state index is 11.9. The van der Waals surface area contributed by atoms with Crippen molar-refractivity contribution in [3.05, 3.63) is 53.6 Å². The van der Waals surface area contributed by atoms with Crippen LogP contribution >= 0.6 is 0 Å². The minimum absolute atomic E-state index is 0.233. The van der Waals surface area contributed by atoms with E-state index in [0.29, 0.717) is 23.4 Å². The van der Waals surface area contributed by atoms with E-state index in [1.54, 1.807) is 24.4 Å². The third-order valence-electron chi connectivity index (χ3n) is 2.37. The maximum absolute atomic E-state index is 11.9. The van der Waals surface area contributed by atoms with Crippen molar-refractivity contribution in [2.75, 3.05) is 6.61 Å². The molecule has 0 radical (unpaired) electrons. The number of pyridine rings is 1. The number of nitrogens with one attached hydrogen (secondary N) is 1. The first-order valence-electron chi connectivity index (χ1n) is 5.89. The summed E-state index contributed by atoms with van der Waals surface area (Å²) in [6.07, 6.45) is 4.55. The quantitative estimate of drug-likeness (QED) is 0.773. The fourth-order valence-electron chi connectivity index (χ4n) is 1.47. The maximum Gasteiger partial charge on any atom is 0.253 e. The van der Waals surface area contributed by atoms with Gasteiger partial charge in [0, 0.05) is 24.2 Å². The SMILES string of the molecule is O=C(NCc1cccnn1)c1cncc(C#CCO)c1. The molecule has 2 aromatic heterocycles. The van der Waals surface area contributed by atoms with Gasteiger partial charge in [0.05, 0.1) is 17.8 Å². The van der Waals surface area contributed by atoms with Crippen molar-refractivity contribution in [3.8, 4) is 11.8 Å². The molecule has 6 nitrogen and oxygen atoms in total. The van der Waals surface area contributed by atoms with Crippen LogP contribution in [0.15, 0.2) is 36.8 Å². The Balaban J connectivity index is 2.02. The number of carbonyl (C=O) groups is 1. The fraction of sp³-hybridized carbons (Fsp3) is 0.143. The number of aliphatic hydroxyl groups is 1. The first kappa shape index (κ1) is 13.6. The Morgan fingerprint density at radius 3 is 3.05 bits per heavy atom. The highest BCUT2D eigenvalue weighted by molar-refractivity contribution is 5.94. The van der Waals surface area contributed by atoms with Gasteiger partial charge in [-0.05, 0) is 18.2 Å². The lowest BCUT2D eigenvalue weighted by molar-refractivity contribution is 0.0950. The van der Waals surface area contributed by atoms with Crippen LogP contribution in [-0.4, -0.2) is 32.8 Å². The molecule has 2 aromatic rings. The molecule has 2 N–H and O–H groups in total. The average Bonchev–Trinajstić information content (AvgIpc) is 2.52. The summed E-state index contributed by atoms with van der Waals surface area (Å²) in [6, 6.07) is 5.14. The standard InChI is InChI=1S/C14H12N4O2/c19-6-2-3-11-7-12(9-15-8-11)14(20)16-10-13-4-1-5-17-18-13/h1,4-5,7-9,19H,6,10H2,(H,16,20). The topological polar surface area (TPSA) is 88.0 Å². The summed E-state index contributed by atoms with van der Waals surface area (Å²) < 4.78 is 0. The van der Waals surface area contributed by atoms with Crippen molar-refractivity contribution in [2.24, 2.45) is 0 Å². The summed E-state index contributed by atoms with van der Waals surface area (Å²) in [6.45, 7) is 0.0579. The molecule has 0 aliphatic carbocycles. The number of hydrogen-bond donors (Lipinski definition) is 2. The first-order valence-corrected chi connectivity index (χ1v) is 5.89. The second-order valence-electron chi connectivity index (χ2n) is 3.82. The van der Waals surface area contributed by atoms with Crippen LogP contribution in [0, 0.1) is 11.8 Å². The second kappa shape index (κ2) is 6.97. The van der Waals surface area contributed by atoms with Crippen LogP contribution in [0.5, 0.6) is 0 Å². The zero-order chi connectivity index (χ0) is 14.2. The third-order valence-corrected chi connectivity index (χ3v) is 2.37. The van der Waals surface area contributed by atoms with Gasteiger partial charge in [-0.3, -0.25) is 9.78 Å². The van der Waals surface area contributed by atoms with Gasteiger partial charge in [-0.2, -0.15) is 10.2 Å². The molecule has 2 heterocycles. The van der Waals surface area contributed by atoms with Crippen LogP contribution in [0.2, 0.25) is 0 Å². The third kappa shape index (κ3) is 3.86. The van der Waals surface area contributed by atoms with Gasteiger partial charge in [0.25, 0.3) is 5.91 Å². The summed E-state index contributed by atoms with van der Waals surface area (Å²) in [5.74, 6) is 4.93. The molecule has 0 atom stereocenters. The smallest absolute Gasteiger partial charge is 0.253 e. The largest absolute Gasteiger partial charge is 0.384 e. The van der Waals surface area contributed by atoms with Crippen LogP contribution in [0.3, 0.4) is 0 Å². The molecule has 0 saturated heterocycles. The van der Waals surface area contributed by atoms with E-state index in [9.17, 15) is 4.79 Å². The molecule has 0 aliphatic heterocycles. The number of amides is 1. The number of rotatable bonds is 3. The molecular weight excluding hydrogens is 256 g/mol. The molecule has 6 heteroatoms. The van der Waals surface area contributed by atoms with Gasteiger partial charge < -0.3 is 10.4 Å². The molecule has 1 amide bonds. The normalized spacial score (nSPS) is 9.45. The second-order valence-corrected chi connectivity index (χ2v) is 3.82. The Bertz CT molecular complexity index is 647. The van der Waals surface area contributed by atoms with Gasteiger partial charge in [0.2, 0.25) is 0 Å². The molecule has 20 heavy (non-hydrogen) atoms. The molecular formula is C14H12N4O2. The number of nitrogens with zero attached hydrogens (tertiary/aromatic N) is 3. The van der Waals surface area contributed by atoms with Crippen LogP contribution in [-0.2, 0) is 6.54 Å². The van der Waals surface area contributed by atoms with Gasteiger partial charge in [0.15, 0.2) is 0 Å². The highest BCUT2D eigenvalue weighted by Gasteiger charge is 2.06. The van der Waals surface area contributed by atoms with E-state index in [-0.39, 0.29) is 12.5 Å². The lowest BCUT2D eigenvalue weighted by Crippen LogP contribution is -2.23. The van der Waals surface area contributed by atoms with E-state index in [2.05, 4.69) is 32.3 Å². The molecule has 2 rings (SSSR count). The molecule has 0 aliphatic rings. The van der Waals surface area contributed by atoms with E-state index in [1.807, 2.05) is 0 Å². The number of hydrogen-bond acceptors (Lipinski definition) is 5. The predicted octanol–water partition coefficient (Wildman–Crippen LogP) is 0.145. The Labute approximate surface area is 115 Å². The van der Waals surface area contributed by atoms with Gasteiger partial charge >= 0.3 is 0 Å². The summed E-state index contributed by atoms with van der Waals surface area (Å²) >= 11 is 0. The Morgan fingerprint density at radius 2 is 2.30 bits per heavy atom. The molecule has 0 saturated carbocycles. The van der Waals surface area contributed by atoms with Crippen molar-refractivity contribution < 1.29 is 9.90 Å². The highest BCUT2D eigenvalue weighted by Crippen LogP contribution is 2.02. The number of carbonyl (C=O) groups excluding carboxylic acids is 1. The van der Waals surface area contributed by atoms with Crippen LogP contribution in [0.25, 0.3) is 0 Å². The summed E-state index contributed by atoms with van der Waals surface area (Å²) in [4.78, 5) is 15.9. The zero-order valence-corrected chi connectivity index (χ0v) is 10.6. The van der Waals surface area contributed by atoms with E-state index < -0.39 is 0 Å². The summed E-state index contributed by atoms with van der Waals surface area (Å²) in [5.41, 5.74) is 1.65. The van der Waals surface area contributed by atoms with E-state index in [1.165, 1.54) is 12.4 Å². The molecule has 0 spiro atoms. The molecule has 0 unspecified atom stereocenters. The van der Waals surface area contributed by atoms with Gasteiger partial charge in [-0.25, -0.2) is 0 Å². The summed E-state index contributed by atoms with van der Waals surface area (Å²) in [7, 11) is 0. The Hall–Kier alpha value is -2.78. The van der Waals surface area contributed by atoms with Gasteiger partial charge in [0.1, 0.15) is 6.61 Å². The Morgan fingerprint density at radius 1 is 1.40 bits per heavy atom. The molecule has 0 bridgehead atoms. The van der Waals surface area contributed by atoms with E-state index in [0.717, 1.165) is 0 Å². The molecule has 100 valence electrons. The summed E-state index contributed by atoms with van der Waals surface area (Å²) in [5, 5.41) is 18.9. The average molecular weight is 268 g/mol. The van der Waals surface area contributed by atoms with E-state index in [4.69, 9.17) is 5.11 Å². The van der Waals surface area contributed by atoms with Crippen LogP contribution in [0.4, 0.5) is 0 Å². The highest BCUT2D eigenvalue weighted by atomic mass is 16.2. The van der Waals surface area contributed by atoms with Crippen molar-refractivity contribution in [1.82, 2.24) is 20.5 Å². The molecule has 0 aromatic carbocycles.